The number of imidazole rings is 1. The summed E-state index contributed by atoms with van der Waals surface area (Å²) in [6, 6.07) is 17.4. The van der Waals surface area contributed by atoms with Crippen molar-refractivity contribution >= 4 is 22.8 Å². The number of aryl methyl sites for hydroxylation is 1. The first kappa shape index (κ1) is 26.4. The second-order valence-corrected chi connectivity index (χ2v) is 10.7. The Kier molecular flexibility index (Phi) is 6.82. The highest BCUT2D eigenvalue weighted by atomic mass is 16.5. The monoisotopic (exact) mass is 552 g/mol. The van der Waals surface area contributed by atoms with Crippen molar-refractivity contribution in [3.63, 3.8) is 0 Å². The molecular weight excluding hydrogens is 520 g/mol. The van der Waals surface area contributed by atoms with Crippen molar-refractivity contribution in [2.75, 3.05) is 31.7 Å². The Labute approximate surface area is 237 Å². The summed E-state index contributed by atoms with van der Waals surface area (Å²) in [6.07, 6.45) is 3.46. The van der Waals surface area contributed by atoms with Crippen LogP contribution in [0.5, 0.6) is 11.5 Å². The molecule has 0 amide bonds. The number of carboxylic acids is 1. The van der Waals surface area contributed by atoms with Crippen LogP contribution >= 0.6 is 0 Å². The molecule has 6 rings (SSSR count). The number of aromatic nitrogens is 5. The quantitative estimate of drug-likeness (QED) is 0.235. The van der Waals surface area contributed by atoms with E-state index in [2.05, 4.69) is 50.8 Å². The number of methoxy groups -OCH3 is 1. The van der Waals surface area contributed by atoms with Crippen molar-refractivity contribution in [3.8, 4) is 34.0 Å². The van der Waals surface area contributed by atoms with Crippen LogP contribution in [-0.2, 0) is 10.2 Å². The number of carbonyl (C=O) groups is 1. The van der Waals surface area contributed by atoms with Crippen LogP contribution in [0, 0.1) is 6.92 Å². The maximum absolute atomic E-state index is 10.8. The van der Waals surface area contributed by atoms with Crippen LogP contribution < -0.4 is 14.4 Å². The zero-order chi connectivity index (χ0) is 28.6. The Balaban J connectivity index is 1.20. The molecule has 1 fully saturated rings. The minimum Gasteiger partial charge on any atom is -0.497 e. The molecular formula is C31H32N6O4. The van der Waals surface area contributed by atoms with Gasteiger partial charge in [0.25, 0.3) is 0 Å². The lowest BCUT2D eigenvalue weighted by Crippen LogP contribution is -2.42. The molecule has 3 N–H and O–H groups in total. The molecule has 210 valence electrons. The fraction of sp³-hybridized carbons (Fsp3) is 0.290. The molecule has 0 atom stereocenters. The molecule has 0 unspecified atom stereocenters. The first-order valence-electron chi connectivity index (χ1n) is 13.6. The first-order chi connectivity index (χ1) is 19.8. The van der Waals surface area contributed by atoms with E-state index in [1.165, 1.54) is 0 Å². The van der Waals surface area contributed by atoms with Gasteiger partial charge in [-0.3, -0.25) is 0 Å². The molecule has 2 aromatic carbocycles. The molecule has 10 heteroatoms. The summed E-state index contributed by atoms with van der Waals surface area (Å²) < 4.78 is 10.7. The van der Waals surface area contributed by atoms with E-state index in [1.807, 2.05) is 30.3 Å². The Morgan fingerprint density at radius 3 is 2.54 bits per heavy atom. The van der Waals surface area contributed by atoms with Crippen molar-refractivity contribution in [2.45, 2.75) is 32.1 Å². The molecule has 0 saturated carbocycles. The second kappa shape index (κ2) is 10.6. The summed E-state index contributed by atoms with van der Waals surface area (Å²) in [5.41, 5.74) is 5.59. The molecule has 1 aliphatic heterocycles. The maximum atomic E-state index is 10.8. The van der Waals surface area contributed by atoms with Crippen LogP contribution in [0.2, 0.25) is 0 Å². The molecule has 0 spiro atoms. The van der Waals surface area contributed by atoms with Gasteiger partial charge in [0.15, 0.2) is 6.61 Å². The van der Waals surface area contributed by atoms with E-state index in [-0.39, 0.29) is 12.0 Å². The predicted octanol–water partition coefficient (Wildman–Crippen LogP) is 5.35. The van der Waals surface area contributed by atoms with Gasteiger partial charge in [0.05, 0.1) is 18.2 Å². The summed E-state index contributed by atoms with van der Waals surface area (Å²) in [5, 5.41) is 9.79. The van der Waals surface area contributed by atoms with Gasteiger partial charge in [-0.15, -0.1) is 0 Å². The van der Waals surface area contributed by atoms with E-state index < -0.39 is 5.97 Å². The Morgan fingerprint density at radius 1 is 1.02 bits per heavy atom. The number of fused-ring (bicyclic) bond motifs is 1. The van der Waals surface area contributed by atoms with Crippen molar-refractivity contribution in [2.24, 2.45) is 0 Å². The van der Waals surface area contributed by atoms with Crippen molar-refractivity contribution in [1.29, 1.82) is 0 Å². The van der Waals surface area contributed by atoms with E-state index >= 15 is 0 Å². The number of benzene rings is 2. The van der Waals surface area contributed by atoms with E-state index in [0.717, 1.165) is 82.6 Å². The van der Waals surface area contributed by atoms with E-state index in [1.54, 1.807) is 25.6 Å². The first-order valence-corrected chi connectivity index (χ1v) is 13.6. The standard InChI is InChI=1S/C31H32N6O4/c1-19-27(21-5-4-6-23(15-21)40-3)36-30(34-19)31(2)11-13-37(14-12-31)29-24-16-25(35-28(24)32-18-33-29)20-7-9-22(10-8-20)41-17-26(38)39/h4-10,15-16,18H,11-14,17H2,1-3H3,(H,34,36)(H,38,39)(H,32,33,35). The maximum Gasteiger partial charge on any atom is 0.341 e. The molecule has 1 saturated heterocycles. The van der Waals surface area contributed by atoms with Crippen LogP contribution in [0.4, 0.5) is 5.82 Å². The van der Waals surface area contributed by atoms with Gasteiger partial charge in [-0.05, 0) is 67.8 Å². The van der Waals surface area contributed by atoms with Gasteiger partial charge in [-0.1, -0.05) is 19.1 Å². The highest BCUT2D eigenvalue weighted by Crippen LogP contribution is 2.38. The number of nitrogens with zero attached hydrogens (tertiary/aromatic N) is 4. The van der Waals surface area contributed by atoms with E-state index in [9.17, 15) is 4.79 Å². The number of hydrogen-bond donors (Lipinski definition) is 3. The van der Waals surface area contributed by atoms with Crippen LogP contribution in [0.1, 0.15) is 31.3 Å². The zero-order valence-corrected chi connectivity index (χ0v) is 23.3. The van der Waals surface area contributed by atoms with Gasteiger partial charge in [-0.2, -0.15) is 0 Å². The molecule has 41 heavy (non-hydrogen) atoms. The van der Waals surface area contributed by atoms with Gasteiger partial charge >= 0.3 is 5.97 Å². The van der Waals surface area contributed by atoms with Crippen molar-refractivity contribution in [1.82, 2.24) is 24.9 Å². The third kappa shape index (κ3) is 5.20. The fourth-order valence-electron chi connectivity index (χ4n) is 5.46. The van der Waals surface area contributed by atoms with E-state index in [4.69, 9.17) is 19.6 Å². The van der Waals surface area contributed by atoms with Gasteiger partial charge in [0, 0.05) is 35.5 Å². The van der Waals surface area contributed by atoms with Crippen molar-refractivity contribution in [3.05, 3.63) is 72.4 Å². The minimum atomic E-state index is -1.01. The molecule has 10 nitrogen and oxygen atoms in total. The van der Waals surface area contributed by atoms with Crippen molar-refractivity contribution < 1.29 is 19.4 Å². The Bertz CT molecular complexity index is 1700. The summed E-state index contributed by atoms with van der Waals surface area (Å²) >= 11 is 0. The van der Waals surface area contributed by atoms with Gasteiger partial charge in [0.2, 0.25) is 0 Å². The average molecular weight is 553 g/mol. The van der Waals surface area contributed by atoms with Crippen LogP contribution in [0.25, 0.3) is 33.5 Å². The molecule has 3 aromatic heterocycles. The summed E-state index contributed by atoms with van der Waals surface area (Å²) in [6.45, 7) is 5.66. The largest absolute Gasteiger partial charge is 0.497 e. The van der Waals surface area contributed by atoms with Gasteiger partial charge in [-0.25, -0.2) is 19.7 Å². The molecule has 0 radical (unpaired) electrons. The SMILES string of the molecule is COc1cccc(-c2nc(C3(C)CCN(c4ncnc5[nH]c(-c6ccc(OCC(=O)O)cc6)cc45)CC3)[nH]c2C)c1. The molecule has 4 heterocycles. The molecule has 0 bridgehead atoms. The minimum absolute atomic E-state index is 0.0850. The predicted molar refractivity (Wildman–Crippen MR) is 157 cm³/mol. The number of piperidine rings is 1. The molecule has 1 aliphatic rings. The number of anilines is 1. The van der Waals surface area contributed by atoms with Gasteiger partial charge < -0.3 is 29.4 Å². The Morgan fingerprint density at radius 2 is 1.80 bits per heavy atom. The number of nitrogens with one attached hydrogen (secondary N) is 2. The number of hydrogen-bond acceptors (Lipinski definition) is 7. The highest BCUT2D eigenvalue weighted by molar-refractivity contribution is 5.92. The summed E-state index contributed by atoms with van der Waals surface area (Å²) in [4.78, 5) is 34.3. The zero-order valence-electron chi connectivity index (χ0n) is 23.3. The third-order valence-corrected chi connectivity index (χ3v) is 7.90. The Hall–Kier alpha value is -4.86. The molecule has 0 aliphatic carbocycles. The number of H-pyrrole nitrogens is 2. The lowest BCUT2D eigenvalue weighted by atomic mass is 9.79. The number of aliphatic carboxylic acids is 1. The third-order valence-electron chi connectivity index (χ3n) is 7.90. The number of rotatable bonds is 8. The van der Waals surface area contributed by atoms with Crippen LogP contribution in [0.15, 0.2) is 60.9 Å². The summed E-state index contributed by atoms with van der Waals surface area (Å²) in [5.74, 6) is 2.24. The average Bonchev–Trinajstić information content (AvgIpc) is 3.61. The van der Waals surface area contributed by atoms with Gasteiger partial charge in [0.1, 0.15) is 35.1 Å². The second-order valence-electron chi connectivity index (χ2n) is 10.7. The normalized spacial score (nSPS) is 14.8. The topological polar surface area (TPSA) is 129 Å². The number of ether oxygens (including phenoxy) is 2. The highest BCUT2D eigenvalue weighted by Gasteiger charge is 2.36. The fourth-order valence-corrected chi connectivity index (χ4v) is 5.46. The lowest BCUT2D eigenvalue weighted by Gasteiger charge is -2.38. The number of aromatic amines is 2. The van der Waals surface area contributed by atoms with Crippen LogP contribution in [-0.4, -0.2) is 62.8 Å². The summed E-state index contributed by atoms with van der Waals surface area (Å²) in [7, 11) is 1.68. The van der Waals surface area contributed by atoms with E-state index in [0.29, 0.717) is 5.75 Å². The smallest absolute Gasteiger partial charge is 0.341 e. The molecule has 5 aromatic rings. The lowest BCUT2D eigenvalue weighted by molar-refractivity contribution is -0.139. The number of carboxylic acid groups (broad SMARTS) is 1. The van der Waals surface area contributed by atoms with Crippen LogP contribution in [0.3, 0.4) is 0 Å².